The molecule has 158 valence electrons. The zero-order valence-electron chi connectivity index (χ0n) is 17.0. The number of ketones is 1. The molecule has 0 aliphatic heterocycles. The first-order chi connectivity index (χ1) is 14.5. The highest BCUT2D eigenvalue weighted by atomic mass is 32.1. The molecule has 0 unspecified atom stereocenters. The summed E-state index contributed by atoms with van der Waals surface area (Å²) < 4.78 is 22.9. The van der Waals surface area contributed by atoms with Crippen LogP contribution in [-0.4, -0.2) is 29.0 Å². The van der Waals surface area contributed by atoms with E-state index in [1.165, 1.54) is 30.4 Å². The molecule has 2 aromatic heterocycles. The van der Waals surface area contributed by atoms with Crippen molar-refractivity contribution in [3.05, 3.63) is 36.7 Å². The van der Waals surface area contributed by atoms with Crippen LogP contribution in [-0.2, 0) is 4.79 Å². The second-order valence-electron chi connectivity index (χ2n) is 7.63. The second kappa shape index (κ2) is 9.30. The predicted molar refractivity (Wildman–Crippen MR) is 112 cm³/mol. The summed E-state index contributed by atoms with van der Waals surface area (Å²) in [7, 11) is 0. The number of hydrogen-bond donors (Lipinski definition) is 0. The van der Waals surface area contributed by atoms with Crippen LogP contribution in [0.25, 0.3) is 10.8 Å². The molecule has 0 bridgehead atoms. The Balaban J connectivity index is 1.33. The summed E-state index contributed by atoms with van der Waals surface area (Å²) in [6, 6.07) is 7.55. The molecule has 8 heteroatoms. The minimum absolute atomic E-state index is 0.114. The van der Waals surface area contributed by atoms with Crippen LogP contribution in [0.2, 0.25) is 0 Å². The third-order valence-corrected chi connectivity index (χ3v) is 5.38. The summed E-state index contributed by atoms with van der Waals surface area (Å²) in [5.41, 5.74) is 0. The van der Waals surface area contributed by atoms with Gasteiger partial charge in [-0.15, -0.1) is 0 Å². The number of aromatic nitrogens is 2. The molecule has 1 fully saturated rings. The minimum atomic E-state index is 0.114. The van der Waals surface area contributed by atoms with Gasteiger partial charge in [0, 0.05) is 12.5 Å². The minimum Gasteiger partial charge on any atom is -0.493 e. The van der Waals surface area contributed by atoms with Gasteiger partial charge in [-0.2, -0.15) is 0 Å². The molecule has 4 rings (SSSR count). The van der Waals surface area contributed by atoms with Crippen LogP contribution in [0, 0.1) is 11.8 Å². The van der Waals surface area contributed by atoms with Crippen LogP contribution in [0.4, 0.5) is 0 Å². The van der Waals surface area contributed by atoms with Crippen LogP contribution < -0.4 is 14.2 Å². The summed E-state index contributed by atoms with van der Waals surface area (Å²) in [5, 5.41) is 0.486. The highest BCUT2D eigenvalue weighted by molar-refractivity contribution is 7.16. The van der Waals surface area contributed by atoms with E-state index in [1.807, 2.05) is 31.2 Å². The zero-order valence-corrected chi connectivity index (χ0v) is 17.8. The van der Waals surface area contributed by atoms with E-state index < -0.39 is 0 Å². The van der Waals surface area contributed by atoms with Crippen molar-refractivity contribution < 1.29 is 23.4 Å². The number of rotatable bonds is 11. The normalized spacial score (nSPS) is 14.3. The van der Waals surface area contributed by atoms with Gasteiger partial charge >= 0.3 is 5.95 Å². The highest BCUT2D eigenvalue weighted by Crippen LogP contribution is 2.35. The van der Waals surface area contributed by atoms with E-state index >= 15 is 0 Å². The summed E-state index contributed by atoms with van der Waals surface area (Å²) in [6.07, 6.45) is 6.16. The molecule has 0 saturated heterocycles. The third kappa shape index (κ3) is 5.82. The van der Waals surface area contributed by atoms with Crippen LogP contribution in [0.15, 0.2) is 41.1 Å². The van der Waals surface area contributed by atoms with Crippen molar-refractivity contribution in [2.45, 2.75) is 33.1 Å². The van der Waals surface area contributed by atoms with Gasteiger partial charge in [0.25, 0.3) is 5.19 Å². The number of thiazole rings is 1. The van der Waals surface area contributed by atoms with E-state index in [-0.39, 0.29) is 11.7 Å². The first kappa shape index (κ1) is 20.4. The molecular formula is C22H24N2O5S. The van der Waals surface area contributed by atoms with E-state index in [0.717, 1.165) is 17.2 Å². The predicted octanol–water partition coefficient (Wildman–Crippen LogP) is 5.37. The van der Waals surface area contributed by atoms with Gasteiger partial charge in [0.05, 0.1) is 19.4 Å². The lowest BCUT2D eigenvalue weighted by atomic mass is 10.1. The smallest absolute Gasteiger partial charge is 0.305 e. The number of benzene rings is 1. The lowest BCUT2D eigenvalue weighted by Crippen LogP contribution is -2.11. The van der Waals surface area contributed by atoms with Crippen molar-refractivity contribution in [1.82, 2.24) is 9.97 Å². The molecule has 1 saturated carbocycles. The van der Waals surface area contributed by atoms with Crippen molar-refractivity contribution in [1.29, 1.82) is 0 Å². The Morgan fingerprint density at radius 1 is 1.23 bits per heavy atom. The Morgan fingerprint density at radius 3 is 2.87 bits per heavy atom. The Labute approximate surface area is 179 Å². The molecule has 1 aliphatic rings. The maximum Gasteiger partial charge on any atom is 0.305 e. The SMILES string of the molecule is CC(=O)C[C@@H](C)COc1cnc(-c2cnc(Oc3cccc(OCC4CC4)c3)s2)o1. The molecule has 0 radical (unpaired) electrons. The molecular weight excluding hydrogens is 404 g/mol. The van der Waals surface area contributed by atoms with E-state index in [1.54, 1.807) is 13.1 Å². The first-order valence-corrected chi connectivity index (χ1v) is 10.8. The average Bonchev–Trinajstić information content (AvgIpc) is 3.22. The van der Waals surface area contributed by atoms with Crippen molar-refractivity contribution in [3.8, 4) is 33.4 Å². The summed E-state index contributed by atoms with van der Waals surface area (Å²) in [4.78, 5) is 20.4. The Morgan fingerprint density at radius 2 is 2.07 bits per heavy atom. The first-order valence-electron chi connectivity index (χ1n) is 10.00. The molecule has 0 spiro atoms. The van der Waals surface area contributed by atoms with Crippen LogP contribution in [0.1, 0.15) is 33.1 Å². The number of oxazole rings is 1. The van der Waals surface area contributed by atoms with Crippen molar-refractivity contribution in [2.75, 3.05) is 13.2 Å². The molecule has 0 amide bonds. The van der Waals surface area contributed by atoms with Crippen molar-refractivity contribution >= 4 is 17.1 Å². The molecule has 1 aromatic carbocycles. The van der Waals surface area contributed by atoms with Crippen LogP contribution in [0.5, 0.6) is 22.6 Å². The standard InChI is InChI=1S/C22H24N2O5S/c1-14(8-15(2)25)12-27-20-11-23-21(29-20)19-10-24-22(30-19)28-18-5-3-4-17(9-18)26-13-16-6-7-16/h3-5,9-11,14,16H,6-8,12-13H2,1-2H3/t14-/m1/s1. The number of carbonyl (C=O) groups excluding carboxylic acids is 1. The van der Waals surface area contributed by atoms with E-state index in [4.69, 9.17) is 18.6 Å². The highest BCUT2D eigenvalue weighted by Gasteiger charge is 2.22. The lowest BCUT2D eigenvalue weighted by molar-refractivity contribution is -0.118. The van der Waals surface area contributed by atoms with E-state index in [9.17, 15) is 4.79 Å². The number of Topliss-reactive ketones (excluding diaryl/α,β-unsaturated/α-hetero) is 1. The molecule has 2 heterocycles. The Hall–Kier alpha value is -2.87. The van der Waals surface area contributed by atoms with Gasteiger partial charge in [0.15, 0.2) is 0 Å². The Bertz CT molecular complexity index is 995. The van der Waals surface area contributed by atoms with Crippen LogP contribution >= 0.6 is 11.3 Å². The summed E-state index contributed by atoms with van der Waals surface area (Å²) >= 11 is 1.33. The fraction of sp³-hybridized carbons (Fsp3) is 0.409. The number of hydrogen-bond acceptors (Lipinski definition) is 8. The fourth-order valence-electron chi connectivity index (χ4n) is 2.85. The van der Waals surface area contributed by atoms with Crippen molar-refractivity contribution in [2.24, 2.45) is 11.8 Å². The monoisotopic (exact) mass is 428 g/mol. The third-order valence-electron chi connectivity index (χ3n) is 4.52. The van der Waals surface area contributed by atoms with Gasteiger partial charge < -0.3 is 23.4 Å². The second-order valence-corrected chi connectivity index (χ2v) is 8.62. The molecule has 0 N–H and O–H groups in total. The molecule has 1 atom stereocenters. The van der Waals surface area contributed by atoms with Gasteiger partial charge in [0.2, 0.25) is 5.89 Å². The summed E-state index contributed by atoms with van der Waals surface area (Å²) in [5.74, 6) is 3.15. The molecule has 30 heavy (non-hydrogen) atoms. The number of nitrogens with zero attached hydrogens (tertiary/aromatic N) is 2. The fourth-order valence-corrected chi connectivity index (χ4v) is 3.56. The van der Waals surface area contributed by atoms with Gasteiger partial charge in [0.1, 0.15) is 28.4 Å². The molecule has 7 nitrogen and oxygen atoms in total. The van der Waals surface area contributed by atoms with E-state index in [0.29, 0.717) is 41.7 Å². The van der Waals surface area contributed by atoms with Gasteiger partial charge in [-0.3, -0.25) is 0 Å². The quantitative estimate of drug-likeness (QED) is 0.406. The molecule has 1 aliphatic carbocycles. The van der Waals surface area contributed by atoms with E-state index in [2.05, 4.69) is 9.97 Å². The lowest BCUT2D eigenvalue weighted by Gasteiger charge is -2.08. The van der Waals surface area contributed by atoms with Gasteiger partial charge in [-0.1, -0.05) is 24.3 Å². The summed E-state index contributed by atoms with van der Waals surface area (Å²) in [6.45, 7) is 4.68. The van der Waals surface area contributed by atoms with Crippen molar-refractivity contribution in [3.63, 3.8) is 0 Å². The topological polar surface area (TPSA) is 83.7 Å². The maximum absolute atomic E-state index is 11.2. The average molecular weight is 429 g/mol. The number of carbonyl (C=O) groups is 1. The van der Waals surface area contributed by atoms with Gasteiger partial charge in [-0.05, 0) is 43.7 Å². The van der Waals surface area contributed by atoms with Crippen LogP contribution in [0.3, 0.4) is 0 Å². The Kier molecular flexibility index (Phi) is 6.32. The molecule has 3 aromatic rings. The number of ether oxygens (including phenoxy) is 3. The maximum atomic E-state index is 11.2. The van der Waals surface area contributed by atoms with Gasteiger partial charge in [-0.25, -0.2) is 9.97 Å². The largest absolute Gasteiger partial charge is 0.493 e. The zero-order chi connectivity index (χ0) is 20.9.